The van der Waals surface area contributed by atoms with E-state index in [0.29, 0.717) is 10.0 Å². The van der Waals surface area contributed by atoms with Crippen molar-refractivity contribution in [2.24, 2.45) is 0 Å². The van der Waals surface area contributed by atoms with E-state index in [-0.39, 0.29) is 0 Å². The van der Waals surface area contributed by atoms with Crippen molar-refractivity contribution in [2.75, 3.05) is 13.6 Å². The molecule has 0 amide bonds. The fourth-order valence-electron chi connectivity index (χ4n) is 1.68. The highest BCUT2D eigenvalue weighted by Gasteiger charge is 1.99. The quantitative estimate of drug-likeness (QED) is 0.720. The van der Waals surface area contributed by atoms with E-state index in [4.69, 9.17) is 23.2 Å². The van der Waals surface area contributed by atoms with Gasteiger partial charge in [0.25, 0.3) is 0 Å². The molecular formula is C13H19Cl2N. The molecule has 0 fully saturated rings. The largest absolute Gasteiger partial charge is 0.320 e. The molecule has 1 rings (SSSR count). The number of unbranched alkanes of at least 4 members (excludes halogenated alkanes) is 3. The summed E-state index contributed by atoms with van der Waals surface area (Å²) in [6.45, 7) is 1.12. The number of aryl methyl sites for hydroxylation is 1. The van der Waals surface area contributed by atoms with Gasteiger partial charge in [-0.2, -0.15) is 0 Å². The minimum absolute atomic E-state index is 0.638. The Labute approximate surface area is 108 Å². The van der Waals surface area contributed by atoms with Crippen LogP contribution >= 0.6 is 23.2 Å². The van der Waals surface area contributed by atoms with Crippen molar-refractivity contribution in [1.29, 1.82) is 0 Å². The van der Waals surface area contributed by atoms with Gasteiger partial charge in [0, 0.05) is 0 Å². The fraction of sp³-hybridized carbons (Fsp3) is 0.538. The van der Waals surface area contributed by atoms with E-state index < -0.39 is 0 Å². The van der Waals surface area contributed by atoms with Gasteiger partial charge in [-0.25, -0.2) is 0 Å². The molecule has 0 saturated carbocycles. The van der Waals surface area contributed by atoms with Crippen LogP contribution in [0.15, 0.2) is 18.2 Å². The van der Waals surface area contributed by atoms with Crippen LogP contribution in [0.4, 0.5) is 0 Å². The Bertz CT molecular complexity index is 313. The molecule has 0 atom stereocenters. The first-order valence-corrected chi connectivity index (χ1v) is 6.58. The number of rotatable bonds is 7. The van der Waals surface area contributed by atoms with Gasteiger partial charge in [-0.3, -0.25) is 0 Å². The molecule has 0 spiro atoms. The molecule has 0 bridgehead atoms. The summed E-state index contributed by atoms with van der Waals surface area (Å²) in [6, 6.07) is 5.90. The van der Waals surface area contributed by atoms with E-state index in [9.17, 15) is 0 Å². The second-order valence-electron chi connectivity index (χ2n) is 4.02. The average Bonchev–Trinajstić information content (AvgIpc) is 2.28. The minimum atomic E-state index is 0.638. The van der Waals surface area contributed by atoms with E-state index in [0.717, 1.165) is 13.0 Å². The maximum absolute atomic E-state index is 5.95. The molecule has 0 heterocycles. The lowest BCUT2D eigenvalue weighted by molar-refractivity contribution is 0.616. The van der Waals surface area contributed by atoms with Gasteiger partial charge in [-0.15, -0.1) is 0 Å². The molecular weight excluding hydrogens is 241 g/mol. The van der Waals surface area contributed by atoms with Crippen LogP contribution in [0.3, 0.4) is 0 Å². The Morgan fingerprint density at radius 1 is 1.00 bits per heavy atom. The third-order valence-electron chi connectivity index (χ3n) is 2.63. The standard InChI is InChI=1S/C13H19Cl2N/c1-16-9-5-3-2-4-6-11-7-8-12(14)13(15)10-11/h7-8,10,16H,2-6,9H2,1H3. The zero-order valence-corrected chi connectivity index (χ0v) is 11.2. The van der Waals surface area contributed by atoms with Crippen LogP contribution in [0, 0.1) is 0 Å². The van der Waals surface area contributed by atoms with Crippen molar-refractivity contribution in [3.05, 3.63) is 33.8 Å². The van der Waals surface area contributed by atoms with Crippen LogP contribution in [-0.2, 0) is 6.42 Å². The van der Waals surface area contributed by atoms with Crippen molar-refractivity contribution in [3.8, 4) is 0 Å². The first-order chi connectivity index (χ1) is 7.74. The molecule has 1 aromatic rings. The maximum Gasteiger partial charge on any atom is 0.0595 e. The Balaban J connectivity index is 2.19. The molecule has 1 aromatic carbocycles. The molecule has 1 nitrogen and oxygen atoms in total. The first kappa shape index (κ1) is 13.8. The van der Waals surface area contributed by atoms with Crippen LogP contribution in [0.1, 0.15) is 31.2 Å². The topological polar surface area (TPSA) is 12.0 Å². The van der Waals surface area contributed by atoms with Gasteiger partial charge in [0.05, 0.1) is 10.0 Å². The lowest BCUT2D eigenvalue weighted by atomic mass is 10.1. The summed E-state index contributed by atoms with van der Waals surface area (Å²) in [5.41, 5.74) is 1.28. The Kier molecular flexibility index (Phi) is 6.86. The second kappa shape index (κ2) is 7.94. The van der Waals surface area contributed by atoms with Gasteiger partial charge in [0.1, 0.15) is 0 Å². The highest BCUT2D eigenvalue weighted by molar-refractivity contribution is 6.42. The van der Waals surface area contributed by atoms with E-state index in [1.165, 1.54) is 31.2 Å². The molecule has 0 aliphatic rings. The van der Waals surface area contributed by atoms with Crippen molar-refractivity contribution in [2.45, 2.75) is 32.1 Å². The summed E-state index contributed by atoms with van der Waals surface area (Å²) in [4.78, 5) is 0. The Morgan fingerprint density at radius 3 is 2.44 bits per heavy atom. The Morgan fingerprint density at radius 2 is 1.75 bits per heavy atom. The summed E-state index contributed by atoms with van der Waals surface area (Å²) in [5, 5.41) is 4.46. The maximum atomic E-state index is 5.95. The smallest absolute Gasteiger partial charge is 0.0595 e. The highest BCUT2D eigenvalue weighted by atomic mass is 35.5. The zero-order valence-electron chi connectivity index (χ0n) is 9.73. The van der Waals surface area contributed by atoms with Crippen molar-refractivity contribution in [1.82, 2.24) is 5.32 Å². The predicted molar refractivity (Wildman–Crippen MR) is 72.6 cm³/mol. The van der Waals surface area contributed by atoms with Gasteiger partial charge in [-0.1, -0.05) is 42.1 Å². The number of hydrogen-bond donors (Lipinski definition) is 1. The summed E-state index contributed by atoms with van der Waals surface area (Å²) < 4.78 is 0. The zero-order chi connectivity index (χ0) is 11.8. The summed E-state index contributed by atoms with van der Waals surface area (Å²) in [5.74, 6) is 0. The third-order valence-corrected chi connectivity index (χ3v) is 3.37. The van der Waals surface area contributed by atoms with Crippen LogP contribution in [0.2, 0.25) is 10.0 Å². The molecule has 0 aliphatic heterocycles. The molecule has 0 aromatic heterocycles. The summed E-state index contributed by atoms with van der Waals surface area (Å²) in [7, 11) is 2.00. The lowest BCUT2D eigenvalue weighted by Gasteiger charge is -2.03. The van der Waals surface area contributed by atoms with Gasteiger partial charge in [0.15, 0.2) is 0 Å². The van der Waals surface area contributed by atoms with Gasteiger partial charge < -0.3 is 5.32 Å². The normalized spacial score (nSPS) is 10.7. The second-order valence-corrected chi connectivity index (χ2v) is 4.83. The van der Waals surface area contributed by atoms with Crippen LogP contribution in [0.25, 0.3) is 0 Å². The molecule has 0 aliphatic carbocycles. The fourth-order valence-corrected chi connectivity index (χ4v) is 2.00. The van der Waals surface area contributed by atoms with Crippen molar-refractivity contribution >= 4 is 23.2 Å². The summed E-state index contributed by atoms with van der Waals surface area (Å²) >= 11 is 11.8. The van der Waals surface area contributed by atoms with E-state index in [2.05, 4.69) is 11.4 Å². The van der Waals surface area contributed by atoms with E-state index >= 15 is 0 Å². The molecule has 16 heavy (non-hydrogen) atoms. The van der Waals surface area contributed by atoms with Gasteiger partial charge >= 0.3 is 0 Å². The number of hydrogen-bond acceptors (Lipinski definition) is 1. The molecule has 1 N–H and O–H groups in total. The first-order valence-electron chi connectivity index (χ1n) is 5.82. The summed E-state index contributed by atoms with van der Waals surface area (Å²) in [6.07, 6.45) is 6.15. The number of nitrogens with one attached hydrogen (secondary N) is 1. The van der Waals surface area contributed by atoms with Crippen molar-refractivity contribution < 1.29 is 0 Å². The third kappa shape index (κ3) is 5.20. The average molecular weight is 260 g/mol. The Hall–Kier alpha value is -0.240. The number of halogens is 2. The number of benzene rings is 1. The molecule has 0 unspecified atom stereocenters. The van der Waals surface area contributed by atoms with E-state index in [1.54, 1.807) is 0 Å². The van der Waals surface area contributed by atoms with Crippen molar-refractivity contribution in [3.63, 3.8) is 0 Å². The molecule has 0 saturated heterocycles. The molecule has 90 valence electrons. The van der Waals surface area contributed by atoms with Crippen LogP contribution in [0.5, 0.6) is 0 Å². The van der Waals surface area contributed by atoms with Gasteiger partial charge in [0.2, 0.25) is 0 Å². The SMILES string of the molecule is CNCCCCCCc1ccc(Cl)c(Cl)c1. The molecule has 0 radical (unpaired) electrons. The highest BCUT2D eigenvalue weighted by Crippen LogP contribution is 2.23. The predicted octanol–water partition coefficient (Wildman–Crippen LogP) is 4.32. The molecule has 3 heteroatoms. The van der Waals surface area contributed by atoms with Crippen LogP contribution < -0.4 is 5.32 Å². The minimum Gasteiger partial charge on any atom is -0.320 e. The van der Waals surface area contributed by atoms with Gasteiger partial charge in [-0.05, 0) is 50.6 Å². The van der Waals surface area contributed by atoms with Crippen LogP contribution in [-0.4, -0.2) is 13.6 Å². The van der Waals surface area contributed by atoms with E-state index in [1.807, 2.05) is 19.2 Å². The monoisotopic (exact) mass is 259 g/mol. The lowest BCUT2D eigenvalue weighted by Crippen LogP contribution is -2.06.